The Morgan fingerprint density at radius 2 is 2.19 bits per heavy atom. The van der Waals surface area contributed by atoms with Crippen LogP contribution < -0.4 is 10.1 Å². The first-order valence-corrected chi connectivity index (χ1v) is 7.75. The van der Waals surface area contributed by atoms with Crippen LogP contribution >= 0.6 is 15.9 Å². The summed E-state index contributed by atoms with van der Waals surface area (Å²) in [6.45, 7) is 6.64. The number of amides is 1. The van der Waals surface area contributed by atoms with Gasteiger partial charge in [0.1, 0.15) is 5.75 Å². The van der Waals surface area contributed by atoms with E-state index in [0.717, 1.165) is 17.3 Å². The van der Waals surface area contributed by atoms with Crippen LogP contribution in [0.4, 0.5) is 4.79 Å². The van der Waals surface area contributed by atoms with E-state index in [9.17, 15) is 4.79 Å². The molecule has 2 rings (SSSR count). The fourth-order valence-corrected chi connectivity index (χ4v) is 3.13. The molecule has 1 saturated carbocycles. The minimum atomic E-state index is -0.981. The molecule has 1 aliphatic rings. The molecule has 1 atom stereocenters. The molecule has 0 aliphatic heterocycles. The molecule has 1 aliphatic carbocycles. The Labute approximate surface area is 133 Å². The van der Waals surface area contributed by atoms with E-state index in [1.54, 1.807) is 12.4 Å². The van der Waals surface area contributed by atoms with Crippen LogP contribution in [0.25, 0.3) is 0 Å². The summed E-state index contributed by atoms with van der Waals surface area (Å²) in [5.41, 5.74) is -0.285. The SMILES string of the molecule is CC(C)(C)C(NC(=O)O)C1(COc2cncc(Br)c2)CC1. The van der Waals surface area contributed by atoms with E-state index in [4.69, 9.17) is 9.84 Å². The number of carbonyl (C=O) groups is 1. The smallest absolute Gasteiger partial charge is 0.404 e. The fourth-order valence-electron chi connectivity index (χ4n) is 2.79. The van der Waals surface area contributed by atoms with Crippen molar-refractivity contribution in [1.29, 1.82) is 0 Å². The van der Waals surface area contributed by atoms with Crippen molar-refractivity contribution in [2.45, 2.75) is 39.7 Å². The molecular weight excluding hydrogens is 336 g/mol. The van der Waals surface area contributed by atoms with Crippen molar-refractivity contribution in [2.75, 3.05) is 6.61 Å². The van der Waals surface area contributed by atoms with Crippen molar-refractivity contribution < 1.29 is 14.6 Å². The molecule has 21 heavy (non-hydrogen) atoms. The number of ether oxygens (including phenoxy) is 1. The van der Waals surface area contributed by atoms with E-state index in [1.165, 1.54) is 0 Å². The van der Waals surface area contributed by atoms with Gasteiger partial charge in [-0.1, -0.05) is 20.8 Å². The zero-order chi connectivity index (χ0) is 15.7. The predicted octanol–water partition coefficient (Wildman–Crippen LogP) is 3.69. The number of nitrogens with zero attached hydrogens (tertiary/aromatic N) is 1. The topological polar surface area (TPSA) is 71.5 Å². The van der Waals surface area contributed by atoms with Gasteiger partial charge in [-0.3, -0.25) is 4.98 Å². The largest absolute Gasteiger partial charge is 0.491 e. The van der Waals surface area contributed by atoms with Crippen molar-refractivity contribution in [3.05, 3.63) is 22.9 Å². The highest BCUT2D eigenvalue weighted by Gasteiger charge is 2.54. The second-order valence-electron chi connectivity index (χ2n) is 6.74. The molecule has 0 aromatic carbocycles. The molecule has 1 amide bonds. The monoisotopic (exact) mass is 356 g/mol. The highest BCUT2D eigenvalue weighted by molar-refractivity contribution is 9.10. The zero-order valence-electron chi connectivity index (χ0n) is 12.5. The van der Waals surface area contributed by atoms with Crippen molar-refractivity contribution in [3.63, 3.8) is 0 Å². The summed E-state index contributed by atoms with van der Waals surface area (Å²) >= 11 is 3.36. The molecule has 5 nitrogen and oxygen atoms in total. The van der Waals surface area contributed by atoms with Gasteiger partial charge in [-0.05, 0) is 40.3 Å². The molecule has 116 valence electrons. The van der Waals surface area contributed by atoms with Crippen LogP contribution in [0.1, 0.15) is 33.6 Å². The number of carboxylic acid groups (broad SMARTS) is 1. The third-order valence-corrected chi connectivity index (χ3v) is 4.28. The standard InChI is InChI=1S/C15H21BrN2O3/c1-14(2,3)12(18-13(19)20)15(4-5-15)9-21-11-6-10(16)7-17-8-11/h6-8,12,18H,4-5,9H2,1-3H3,(H,19,20). The molecule has 0 saturated heterocycles. The molecule has 0 bridgehead atoms. The fraction of sp³-hybridized carbons (Fsp3) is 0.600. The lowest BCUT2D eigenvalue weighted by molar-refractivity contribution is 0.111. The molecule has 0 radical (unpaired) electrons. The Morgan fingerprint density at radius 3 is 2.67 bits per heavy atom. The molecular formula is C15H21BrN2O3. The summed E-state index contributed by atoms with van der Waals surface area (Å²) in [6.07, 6.45) is 4.32. The van der Waals surface area contributed by atoms with Gasteiger partial charge in [-0.25, -0.2) is 4.79 Å². The van der Waals surface area contributed by atoms with Crippen LogP contribution in [0.2, 0.25) is 0 Å². The predicted molar refractivity (Wildman–Crippen MR) is 83.5 cm³/mol. The van der Waals surface area contributed by atoms with Crippen LogP contribution in [0.15, 0.2) is 22.9 Å². The molecule has 1 heterocycles. The van der Waals surface area contributed by atoms with Crippen LogP contribution in [-0.4, -0.2) is 28.8 Å². The minimum Gasteiger partial charge on any atom is -0.491 e. The molecule has 1 aromatic heterocycles. The van der Waals surface area contributed by atoms with Crippen molar-refractivity contribution in [2.24, 2.45) is 10.8 Å². The summed E-state index contributed by atoms with van der Waals surface area (Å²) in [7, 11) is 0. The highest BCUT2D eigenvalue weighted by Crippen LogP contribution is 2.53. The molecule has 1 aromatic rings. The summed E-state index contributed by atoms with van der Waals surface area (Å²) in [4.78, 5) is 15.1. The van der Waals surface area contributed by atoms with Crippen molar-refractivity contribution in [3.8, 4) is 5.75 Å². The second-order valence-corrected chi connectivity index (χ2v) is 7.65. The highest BCUT2D eigenvalue weighted by atomic mass is 79.9. The van der Waals surface area contributed by atoms with Crippen molar-refractivity contribution in [1.82, 2.24) is 10.3 Å². The average molecular weight is 357 g/mol. The Bertz CT molecular complexity index is 524. The number of rotatable bonds is 5. The summed E-state index contributed by atoms with van der Waals surface area (Å²) in [5.74, 6) is 0.693. The number of pyridine rings is 1. The first-order valence-electron chi connectivity index (χ1n) is 6.96. The number of halogens is 1. The van der Waals surface area contributed by atoms with Crippen LogP contribution in [0, 0.1) is 10.8 Å². The van der Waals surface area contributed by atoms with Gasteiger partial charge in [-0.2, -0.15) is 0 Å². The lowest BCUT2D eigenvalue weighted by Crippen LogP contribution is -2.51. The number of hydrogen-bond acceptors (Lipinski definition) is 3. The van der Waals surface area contributed by atoms with Crippen molar-refractivity contribution >= 4 is 22.0 Å². The maximum absolute atomic E-state index is 11.1. The van der Waals surface area contributed by atoms with Gasteiger partial charge < -0.3 is 15.2 Å². The third kappa shape index (κ3) is 4.09. The van der Waals surface area contributed by atoms with Crippen LogP contribution in [0.3, 0.4) is 0 Å². The lowest BCUT2D eigenvalue weighted by Gasteiger charge is -2.37. The average Bonchev–Trinajstić information content (AvgIpc) is 3.13. The Hall–Kier alpha value is -1.30. The van der Waals surface area contributed by atoms with Gasteiger partial charge >= 0.3 is 6.09 Å². The van der Waals surface area contributed by atoms with E-state index in [1.807, 2.05) is 26.8 Å². The van der Waals surface area contributed by atoms with E-state index < -0.39 is 6.09 Å². The van der Waals surface area contributed by atoms with Gasteiger partial charge in [0.15, 0.2) is 0 Å². The number of aromatic nitrogens is 1. The second kappa shape index (κ2) is 5.83. The van der Waals surface area contributed by atoms with Crippen LogP contribution in [-0.2, 0) is 0 Å². The quantitative estimate of drug-likeness (QED) is 0.843. The summed E-state index contributed by atoms with van der Waals surface area (Å²) in [5, 5.41) is 11.8. The third-order valence-electron chi connectivity index (χ3n) is 3.84. The van der Waals surface area contributed by atoms with E-state index in [-0.39, 0.29) is 16.9 Å². The minimum absolute atomic E-state index is 0.126. The first kappa shape index (κ1) is 16.1. The normalized spacial score (nSPS) is 17.9. The van der Waals surface area contributed by atoms with Gasteiger partial charge in [0.25, 0.3) is 0 Å². The molecule has 1 unspecified atom stereocenters. The van der Waals surface area contributed by atoms with E-state index in [2.05, 4.69) is 26.2 Å². The Kier molecular flexibility index (Phi) is 4.46. The van der Waals surface area contributed by atoms with E-state index in [0.29, 0.717) is 12.4 Å². The first-order chi connectivity index (χ1) is 9.73. The van der Waals surface area contributed by atoms with Gasteiger partial charge in [0.2, 0.25) is 0 Å². The summed E-state index contributed by atoms with van der Waals surface area (Å²) < 4.78 is 6.71. The molecule has 6 heteroatoms. The zero-order valence-corrected chi connectivity index (χ0v) is 14.1. The molecule has 1 fully saturated rings. The molecule has 2 N–H and O–H groups in total. The van der Waals surface area contributed by atoms with E-state index >= 15 is 0 Å². The van der Waals surface area contributed by atoms with Gasteiger partial charge in [0.05, 0.1) is 12.8 Å². The Morgan fingerprint density at radius 1 is 1.52 bits per heavy atom. The maximum atomic E-state index is 11.1. The van der Waals surface area contributed by atoms with Gasteiger partial charge in [0, 0.05) is 22.1 Å². The Balaban J connectivity index is 2.07. The maximum Gasteiger partial charge on any atom is 0.404 e. The lowest BCUT2D eigenvalue weighted by atomic mass is 9.77. The van der Waals surface area contributed by atoms with Crippen LogP contribution in [0.5, 0.6) is 5.75 Å². The summed E-state index contributed by atoms with van der Waals surface area (Å²) in [6, 6.07) is 1.72. The number of nitrogens with one attached hydrogen (secondary N) is 1. The molecule has 0 spiro atoms. The number of hydrogen-bond donors (Lipinski definition) is 2. The van der Waals surface area contributed by atoms with Gasteiger partial charge in [-0.15, -0.1) is 0 Å².